The largest absolute Gasteiger partial charge is 0.462 e. The summed E-state index contributed by atoms with van der Waals surface area (Å²) in [5.41, 5.74) is 0. The number of carbonyl (C=O) groups is 3. The average Bonchev–Trinajstić information content (AvgIpc) is 3.35. The second kappa shape index (κ2) is 57.9. The van der Waals surface area contributed by atoms with Gasteiger partial charge < -0.3 is 14.2 Å². The van der Waals surface area contributed by atoms with E-state index in [0.29, 0.717) is 19.3 Å². The molecule has 0 spiro atoms. The van der Waals surface area contributed by atoms with Crippen molar-refractivity contribution in [2.75, 3.05) is 13.2 Å². The molecule has 0 rings (SSSR count). The van der Waals surface area contributed by atoms with Crippen LogP contribution in [0.5, 0.6) is 0 Å². The topological polar surface area (TPSA) is 78.9 Å². The summed E-state index contributed by atoms with van der Waals surface area (Å²) < 4.78 is 16.7. The Morgan fingerprint density at radius 3 is 0.855 bits per heavy atom. The Bertz CT molecular complexity index is 1200. The third-order valence-corrected chi connectivity index (χ3v) is 13.3. The van der Waals surface area contributed by atoms with Gasteiger partial charge in [-0.3, -0.25) is 14.4 Å². The number of hydrogen-bond acceptors (Lipinski definition) is 6. The monoisotopic (exact) mass is 967 g/mol. The first kappa shape index (κ1) is 66.4. The predicted molar refractivity (Wildman–Crippen MR) is 298 cm³/mol. The van der Waals surface area contributed by atoms with E-state index < -0.39 is 6.10 Å². The van der Waals surface area contributed by atoms with Gasteiger partial charge in [0.1, 0.15) is 13.2 Å². The summed E-state index contributed by atoms with van der Waals surface area (Å²) in [5.74, 6) is -0.881. The molecule has 1 unspecified atom stereocenters. The highest BCUT2D eigenvalue weighted by molar-refractivity contribution is 5.71. The van der Waals surface area contributed by atoms with E-state index in [0.717, 1.165) is 77.0 Å². The number of ether oxygens (including phenoxy) is 3. The lowest BCUT2D eigenvalue weighted by Crippen LogP contribution is -2.30. The van der Waals surface area contributed by atoms with Crippen molar-refractivity contribution in [1.29, 1.82) is 0 Å². The zero-order valence-electron chi connectivity index (χ0n) is 46.1. The van der Waals surface area contributed by atoms with Gasteiger partial charge in [-0.2, -0.15) is 0 Å². The zero-order valence-corrected chi connectivity index (χ0v) is 46.1. The molecule has 0 radical (unpaired) electrons. The number of unbranched alkanes of at least 4 members (excludes halogenated alkanes) is 36. The Labute approximate surface area is 428 Å². The van der Waals surface area contributed by atoms with Crippen molar-refractivity contribution in [3.05, 3.63) is 48.6 Å². The van der Waals surface area contributed by atoms with E-state index in [-0.39, 0.29) is 31.1 Å². The van der Waals surface area contributed by atoms with E-state index in [1.807, 2.05) is 0 Å². The molecule has 69 heavy (non-hydrogen) atoms. The fourth-order valence-electron chi connectivity index (χ4n) is 8.74. The molecule has 402 valence electrons. The van der Waals surface area contributed by atoms with E-state index in [2.05, 4.69) is 69.4 Å². The molecule has 0 aromatic heterocycles. The summed E-state index contributed by atoms with van der Waals surface area (Å²) in [5, 5.41) is 0. The summed E-state index contributed by atoms with van der Waals surface area (Å²) in [6.07, 6.45) is 71.7. The van der Waals surface area contributed by atoms with Gasteiger partial charge in [0.2, 0.25) is 0 Å². The van der Waals surface area contributed by atoms with E-state index in [9.17, 15) is 14.4 Å². The Hall–Kier alpha value is -2.63. The van der Waals surface area contributed by atoms with Gasteiger partial charge in [-0.05, 0) is 83.5 Å². The molecule has 0 saturated carbocycles. The van der Waals surface area contributed by atoms with Crippen molar-refractivity contribution in [2.24, 2.45) is 0 Å². The van der Waals surface area contributed by atoms with Gasteiger partial charge in [-0.25, -0.2) is 0 Å². The average molecular weight is 968 g/mol. The van der Waals surface area contributed by atoms with E-state index in [1.54, 1.807) is 0 Å². The SMILES string of the molecule is CCCCC/C=C\CCCCCCCC(=O)OC(COC(=O)CCCCCCCC)COC(=O)CCCCCCCCCCCCCCCCCCCC/C=C\C/C=C\C/C=C\CCCCCCC. The van der Waals surface area contributed by atoms with Gasteiger partial charge in [0.15, 0.2) is 6.10 Å². The molecule has 0 aliphatic rings. The summed E-state index contributed by atoms with van der Waals surface area (Å²) >= 11 is 0. The van der Waals surface area contributed by atoms with Crippen molar-refractivity contribution in [3.8, 4) is 0 Å². The number of hydrogen-bond donors (Lipinski definition) is 0. The minimum Gasteiger partial charge on any atom is -0.462 e. The fourth-order valence-corrected chi connectivity index (χ4v) is 8.74. The van der Waals surface area contributed by atoms with Gasteiger partial charge in [0.05, 0.1) is 0 Å². The molecule has 0 aliphatic carbocycles. The van der Waals surface area contributed by atoms with E-state index in [1.165, 1.54) is 199 Å². The zero-order chi connectivity index (χ0) is 50.0. The first-order valence-electron chi connectivity index (χ1n) is 30.1. The first-order valence-corrected chi connectivity index (χ1v) is 30.1. The van der Waals surface area contributed by atoms with Gasteiger partial charge >= 0.3 is 17.9 Å². The van der Waals surface area contributed by atoms with Crippen LogP contribution in [0.15, 0.2) is 48.6 Å². The minimum atomic E-state index is -0.770. The summed E-state index contributed by atoms with van der Waals surface area (Å²) in [6, 6.07) is 0. The van der Waals surface area contributed by atoms with Gasteiger partial charge in [-0.15, -0.1) is 0 Å². The maximum Gasteiger partial charge on any atom is 0.306 e. The maximum atomic E-state index is 12.7. The van der Waals surface area contributed by atoms with Gasteiger partial charge in [-0.1, -0.05) is 262 Å². The van der Waals surface area contributed by atoms with E-state index in [4.69, 9.17) is 14.2 Å². The van der Waals surface area contributed by atoms with Gasteiger partial charge in [0.25, 0.3) is 0 Å². The smallest absolute Gasteiger partial charge is 0.306 e. The van der Waals surface area contributed by atoms with E-state index >= 15 is 0 Å². The molecular weight excluding hydrogens is 853 g/mol. The van der Waals surface area contributed by atoms with Crippen LogP contribution in [0.2, 0.25) is 0 Å². The van der Waals surface area contributed by atoms with Crippen LogP contribution in [0.3, 0.4) is 0 Å². The lowest BCUT2D eigenvalue weighted by molar-refractivity contribution is -0.167. The van der Waals surface area contributed by atoms with Crippen LogP contribution in [-0.2, 0) is 28.6 Å². The normalized spacial score (nSPS) is 12.3. The first-order chi connectivity index (χ1) is 34.0. The lowest BCUT2D eigenvalue weighted by atomic mass is 10.0. The summed E-state index contributed by atoms with van der Waals surface area (Å²) in [7, 11) is 0. The highest BCUT2D eigenvalue weighted by Gasteiger charge is 2.19. The van der Waals surface area contributed by atoms with Crippen LogP contribution < -0.4 is 0 Å². The van der Waals surface area contributed by atoms with Crippen LogP contribution in [0, 0.1) is 0 Å². The Kier molecular flexibility index (Phi) is 55.7. The second-order valence-electron chi connectivity index (χ2n) is 20.3. The van der Waals surface area contributed by atoms with Crippen LogP contribution in [0.1, 0.15) is 316 Å². The van der Waals surface area contributed by atoms with Crippen molar-refractivity contribution in [3.63, 3.8) is 0 Å². The molecule has 0 bridgehead atoms. The predicted octanol–water partition coefficient (Wildman–Crippen LogP) is 20.2. The van der Waals surface area contributed by atoms with Crippen LogP contribution in [0.25, 0.3) is 0 Å². The highest BCUT2D eigenvalue weighted by Crippen LogP contribution is 2.17. The molecule has 0 aliphatic heterocycles. The molecule has 0 amide bonds. The molecule has 0 aromatic carbocycles. The molecule has 6 nitrogen and oxygen atoms in total. The Morgan fingerprint density at radius 1 is 0.290 bits per heavy atom. The molecule has 0 heterocycles. The summed E-state index contributed by atoms with van der Waals surface area (Å²) in [4.78, 5) is 37.8. The minimum absolute atomic E-state index is 0.0730. The van der Waals surface area contributed by atoms with Crippen LogP contribution in [0.4, 0.5) is 0 Å². The lowest BCUT2D eigenvalue weighted by Gasteiger charge is -2.18. The molecule has 1 atom stereocenters. The number of rotatable bonds is 55. The number of carbonyl (C=O) groups excluding carboxylic acids is 3. The molecule has 0 fully saturated rings. The van der Waals surface area contributed by atoms with Crippen molar-refractivity contribution in [2.45, 2.75) is 322 Å². The van der Waals surface area contributed by atoms with Crippen molar-refractivity contribution < 1.29 is 28.6 Å². The standard InChI is InChI=1S/C63H114O6/c1-4-7-10-13-16-18-20-22-23-24-25-26-27-28-29-30-31-32-33-34-35-36-37-38-39-40-41-42-44-45-47-50-53-56-62(65)68-59-60(58-67-61(64)55-52-49-15-12-9-6-3)69-63(66)57-54-51-48-46-43-21-19-17-14-11-8-5-2/h17,19-20,22,24-25,27-28,60H,4-16,18,21,23,26,29-59H2,1-3H3/b19-17-,22-20-,25-24-,28-27-. The maximum absolute atomic E-state index is 12.7. The second-order valence-corrected chi connectivity index (χ2v) is 20.3. The quantitative estimate of drug-likeness (QED) is 0.0262. The Morgan fingerprint density at radius 2 is 0.522 bits per heavy atom. The molecule has 0 N–H and O–H groups in total. The molecular formula is C63H114O6. The third-order valence-electron chi connectivity index (χ3n) is 13.3. The highest BCUT2D eigenvalue weighted by atomic mass is 16.6. The van der Waals surface area contributed by atoms with Crippen LogP contribution >= 0.6 is 0 Å². The third kappa shape index (κ3) is 56.2. The number of allylic oxidation sites excluding steroid dienone is 8. The molecule has 0 aromatic rings. The number of esters is 3. The van der Waals surface area contributed by atoms with Crippen molar-refractivity contribution >= 4 is 17.9 Å². The van der Waals surface area contributed by atoms with Crippen molar-refractivity contribution in [1.82, 2.24) is 0 Å². The van der Waals surface area contributed by atoms with Crippen LogP contribution in [-0.4, -0.2) is 37.2 Å². The fraction of sp³-hybridized carbons (Fsp3) is 0.825. The molecule has 0 saturated heterocycles. The molecule has 6 heteroatoms. The Balaban J connectivity index is 3.91. The van der Waals surface area contributed by atoms with Gasteiger partial charge in [0, 0.05) is 19.3 Å². The summed E-state index contributed by atoms with van der Waals surface area (Å²) in [6.45, 7) is 6.56.